The molecule has 3 aromatic rings. The van der Waals surface area contributed by atoms with E-state index in [-0.39, 0.29) is 11.8 Å². The van der Waals surface area contributed by atoms with Gasteiger partial charge in [0.05, 0.1) is 11.2 Å². The van der Waals surface area contributed by atoms with E-state index < -0.39 is 5.60 Å². The van der Waals surface area contributed by atoms with Crippen LogP contribution in [-0.2, 0) is 5.60 Å². The number of rotatable bonds is 2. The average Bonchev–Trinajstić information content (AvgIpc) is 3.35. The minimum absolute atomic E-state index is 0.0374. The summed E-state index contributed by atoms with van der Waals surface area (Å²) < 4.78 is 1.87. The van der Waals surface area contributed by atoms with Crippen molar-refractivity contribution in [3.63, 3.8) is 0 Å². The summed E-state index contributed by atoms with van der Waals surface area (Å²) in [5.74, 6) is 0.481. The van der Waals surface area contributed by atoms with Crippen molar-refractivity contribution in [1.29, 1.82) is 0 Å². The number of fused-ring (bicyclic) bond motifs is 2. The van der Waals surface area contributed by atoms with Crippen LogP contribution in [0.15, 0.2) is 61.1 Å². The molecule has 1 amide bonds. The summed E-state index contributed by atoms with van der Waals surface area (Å²) in [6, 6.07) is 13.7. The molecule has 5 nitrogen and oxygen atoms in total. The van der Waals surface area contributed by atoms with Crippen molar-refractivity contribution in [2.24, 2.45) is 11.8 Å². The fourth-order valence-corrected chi connectivity index (χ4v) is 5.00. The molecule has 5 heteroatoms. The number of carbonyl (C=O) groups excluding carboxylic acids is 1. The molecule has 1 N–H and O–H groups in total. The highest BCUT2D eigenvalue weighted by molar-refractivity contribution is 5.94. The van der Waals surface area contributed by atoms with Gasteiger partial charge >= 0.3 is 0 Å². The Morgan fingerprint density at radius 1 is 1.15 bits per heavy atom. The van der Waals surface area contributed by atoms with Crippen LogP contribution < -0.4 is 0 Å². The van der Waals surface area contributed by atoms with E-state index in [4.69, 9.17) is 0 Å². The highest BCUT2D eigenvalue weighted by Crippen LogP contribution is 2.48. The van der Waals surface area contributed by atoms with Gasteiger partial charge in [-0.1, -0.05) is 30.3 Å². The Morgan fingerprint density at radius 2 is 2.00 bits per heavy atom. The van der Waals surface area contributed by atoms with Gasteiger partial charge in [-0.2, -0.15) is 0 Å². The Morgan fingerprint density at radius 3 is 2.85 bits per heavy atom. The number of nitrogens with zero attached hydrogens (tertiary/aromatic N) is 3. The number of amides is 1. The third-order valence-corrected chi connectivity index (χ3v) is 6.38. The van der Waals surface area contributed by atoms with E-state index in [9.17, 15) is 9.90 Å². The standard InChI is InChI=1S/C22H23N3O2/c26-21(17-8-9-20-23-11-12-24(20)14-17)25-13-16-5-4-10-22(27,19(16)15-25)18-6-2-1-3-7-18/h1-3,6-9,11-12,14,16,19,27H,4-5,10,13,15H2/t16-,19+,22+/m0/s1. The number of aliphatic hydroxyl groups is 1. The Hall–Kier alpha value is -2.66. The summed E-state index contributed by atoms with van der Waals surface area (Å²) in [5, 5.41) is 11.5. The van der Waals surface area contributed by atoms with E-state index in [2.05, 4.69) is 4.98 Å². The number of hydrogen-bond donors (Lipinski definition) is 1. The van der Waals surface area contributed by atoms with Gasteiger partial charge in [0.2, 0.25) is 0 Å². The SMILES string of the molecule is O=C(c1ccc2nccn2c1)N1C[C@@H]2CCC[C@@](O)(c3ccccc3)[C@@H]2C1. The molecule has 2 aromatic heterocycles. The molecule has 2 aliphatic rings. The van der Waals surface area contributed by atoms with Crippen LogP contribution in [-0.4, -0.2) is 38.4 Å². The normalized spacial score (nSPS) is 27.7. The predicted octanol–water partition coefficient (Wildman–Crippen LogP) is 3.09. The number of likely N-dealkylation sites (tertiary alicyclic amines) is 1. The van der Waals surface area contributed by atoms with Crippen LogP contribution in [0, 0.1) is 11.8 Å². The van der Waals surface area contributed by atoms with Crippen LogP contribution in [0.2, 0.25) is 0 Å². The fourth-order valence-electron chi connectivity index (χ4n) is 5.00. The molecule has 0 radical (unpaired) electrons. The minimum atomic E-state index is -0.840. The zero-order valence-electron chi connectivity index (χ0n) is 15.2. The van der Waals surface area contributed by atoms with Gasteiger partial charge in [-0.3, -0.25) is 4.79 Å². The summed E-state index contributed by atoms with van der Waals surface area (Å²) in [6.45, 7) is 1.33. The highest BCUT2D eigenvalue weighted by atomic mass is 16.3. The minimum Gasteiger partial charge on any atom is -0.385 e. The molecule has 1 saturated carbocycles. The molecular weight excluding hydrogens is 338 g/mol. The average molecular weight is 361 g/mol. The van der Waals surface area contributed by atoms with Crippen molar-refractivity contribution in [3.8, 4) is 0 Å². The maximum Gasteiger partial charge on any atom is 0.255 e. The van der Waals surface area contributed by atoms with Crippen molar-refractivity contribution in [3.05, 3.63) is 72.2 Å². The number of hydrogen-bond acceptors (Lipinski definition) is 3. The maximum absolute atomic E-state index is 13.1. The third-order valence-electron chi connectivity index (χ3n) is 6.38. The number of carbonyl (C=O) groups is 1. The molecule has 0 bridgehead atoms. The lowest BCUT2D eigenvalue weighted by molar-refractivity contribution is -0.0644. The molecule has 5 rings (SSSR count). The van der Waals surface area contributed by atoms with Crippen LogP contribution in [0.3, 0.4) is 0 Å². The van der Waals surface area contributed by atoms with Crippen molar-refractivity contribution in [2.75, 3.05) is 13.1 Å². The Balaban J connectivity index is 1.43. The zero-order valence-corrected chi connectivity index (χ0v) is 15.2. The van der Waals surface area contributed by atoms with Crippen molar-refractivity contribution in [2.45, 2.75) is 24.9 Å². The van der Waals surface area contributed by atoms with E-state index in [1.807, 2.05) is 64.2 Å². The molecule has 3 heterocycles. The predicted molar refractivity (Wildman–Crippen MR) is 102 cm³/mol. The number of aromatic nitrogens is 2. The monoisotopic (exact) mass is 361 g/mol. The van der Waals surface area contributed by atoms with Crippen LogP contribution >= 0.6 is 0 Å². The van der Waals surface area contributed by atoms with Crippen LogP contribution in [0.1, 0.15) is 35.2 Å². The quantitative estimate of drug-likeness (QED) is 0.763. The zero-order chi connectivity index (χ0) is 18.4. The number of benzene rings is 1. The number of imidazole rings is 1. The lowest BCUT2D eigenvalue weighted by Crippen LogP contribution is -2.42. The van der Waals surface area contributed by atoms with Gasteiger partial charge in [0.25, 0.3) is 5.91 Å². The van der Waals surface area contributed by atoms with E-state index >= 15 is 0 Å². The summed E-state index contributed by atoms with van der Waals surface area (Å²) in [7, 11) is 0. The first kappa shape index (κ1) is 16.5. The smallest absolute Gasteiger partial charge is 0.255 e. The molecular formula is C22H23N3O2. The fraction of sp³-hybridized carbons (Fsp3) is 0.364. The molecule has 3 atom stereocenters. The summed E-state index contributed by atoms with van der Waals surface area (Å²) in [5.41, 5.74) is 1.64. The van der Waals surface area contributed by atoms with Gasteiger partial charge in [-0.05, 0) is 42.9 Å². The first-order valence-electron chi connectivity index (χ1n) is 9.65. The second kappa shape index (κ2) is 6.20. The first-order chi connectivity index (χ1) is 13.1. The summed E-state index contributed by atoms with van der Waals surface area (Å²) in [6.07, 6.45) is 8.26. The summed E-state index contributed by atoms with van der Waals surface area (Å²) >= 11 is 0. The lowest BCUT2D eigenvalue weighted by atomic mass is 9.67. The van der Waals surface area contributed by atoms with Crippen molar-refractivity contribution >= 4 is 11.6 Å². The molecule has 0 spiro atoms. The Labute approximate surface area is 158 Å². The largest absolute Gasteiger partial charge is 0.385 e. The van der Waals surface area contributed by atoms with E-state index in [1.54, 1.807) is 6.20 Å². The van der Waals surface area contributed by atoms with Gasteiger partial charge in [0.1, 0.15) is 5.65 Å². The molecule has 138 valence electrons. The molecule has 1 aliphatic carbocycles. The Bertz CT molecular complexity index is 983. The van der Waals surface area contributed by atoms with Crippen LogP contribution in [0.25, 0.3) is 5.65 Å². The molecule has 0 unspecified atom stereocenters. The van der Waals surface area contributed by atoms with E-state index in [0.29, 0.717) is 18.0 Å². The van der Waals surface area contributed by atoms with Gasteiger partial charge in [0, 0.05) is 37.6 Å². The molecule has 2 fully saturated rings. The van der Waals surface area contributed by atoms with E-state index in [0.717, 1.165) is 37.0 Å². The van der Waals surface area contributed by atoms with Gasteiger partial charge in [-0.15, -0.1) is 0 Å². The third kappa shape index (κ3) is 2.65. The van der Waals surface area contributed by atoms with Gasteiger partial charge in [-0.25, -0.2) is 4.98 Å². The first-order valence-corrected chi connectivity index (χ1v) is 9.65. The highest BCUT2D eigenvalue weighted by Gasteiger charge is 2.50. The molecule has 1 aromatic carbocycles. The second-order valence-corrected chi connectivity index (χ2v) is 7.87. The van der Waals surface area contributed by atoms with Gasteiger partial charge in [0.15, 0.2) is 0 Å². The summed E-state index contributed by atoms with van der Waals surface area (Å²) in [4.78, 5) is 19.3. The molecule has 1 aliphatic heterocycles. The second-order valence-electron chi connectivity index (χ2n) is 7.87. The topological polar surface area (TPSA) is 57.8 Å². The van der Waals surface area contributed by atoms with Crippen molar-refractivity contribution in [1.82, 2.24) is 14.3 Å². The Kier molecular flexibility index (Phi) is 3.79. The molecule has 1 saturated heterocycles. The van der Waals surface area contributed by atoms with Gasteiger partial charge < -0.3 is 14.4 Å². The lowest BCUT2D eigenvalue weighted by Gasteiger charge is -2.41. The number of pyridine rings is 1. The maximum atomic E-state index is 13.1. The van der Waals surface area contributed by atoms with Crippen LogP contribution in [0.4, 0.5) is 0 Å². The van der Waals surface area contributed by atoms with Crippen LogP contribution in [0.5, 0.6) is 0 Å². The molecule has 27 heavy (non-hydrogen) atoms. The van der Waals surface area contributed by atoms with E-state index in [1.165, 1.54) is 0 Å². The van der Waals surface area contributed by atoms with Crippen molar-refractivity contribution < 1.29 is 9.90 Å².